The number of ether oxygens (including phenoxy) is 1. The summed E-state index contributed by atoms with van der Waals surface area (Å²) in [6.45, 7) is 2.24. The molecule has 2 saturated carbocycles. The minimum absolute atomic E-state index is 0.112. The second kappa shape index (κ2) is 10.8. The van der Waals surface area contributed by atoms with Crippen LogP contribution in [0.5, 0.6) is 5.75 Å². The molecule has 0 aromatic heterocycles. The van der Waals surface area contributed by atoms with E-state index in [1.165, 1.54) is 44.6 Å². The van der Waals surface area contributed by atoms with E-state index >= 15 is 0 Å². The fourth-order valence-electron chi connectivity index (χ4n) is 6.10. The van der Waals surface area contributed by atoms with Gasteiger partial charge in [-0.05, 0) is 79.9 Å². The molecule has 0 N–H and O–H groups in total. The normalized spacial score (nSPS) is 25.5. The Morgan fingerprint density at radius 3 is 1.89 bits per heavy atom. The lowest BCUT2D eigenvalue weighted by Crippen LogP contribution is -2.26. The van der Waals surface area contributed by atoms with E-state index in [0.717, 1.165) is 49.7 Å². The Morgan fingerprint density at radius 1 is 0.771 bits per heavy atom. The number of hydrogen-bond donors (Lipinski definition) is 0. The molecule has 2 aromatic rings. The molecule has 0 saturated heterocycles. The molecule has 0 unspecified atom stereocenters. The van der Waals surface area contributed by atoms with Gasteiger partial charge in [0.25, 0.3) is 0 Å². The number of benzene rings is 2. The summed E-state index contributed by atoms with van der Waals surface area (Å²) in [7, 11) is 0. The van der Waals surface area contributed by atoms with Crippen LogP contribution in [0.2, 0.25) is 0 Å². The molecule has 0 bridgehead atoms. The van der Waals surface area contributed by atoms with Gasteiger partial charge >= 0.3 is 6.11 Å². The van der Waals surface area contributed by atoms with Crippen LogP contribution in [0.3, 0.4) is 0 Å². The number of alkyl halides is 2. The lowest BCUT2D eigenvalue weighted by atomic mass is 9.68. The lowest BCUT2D eigenvalue weighted by molar-refractivity contribution is -0.187. The third kappa shape index (κ3) is 5.97. The van der Waals surface area contributed by atoms with Crippen molar-refractivity contribution in [1.29, 1.82) is 0 Å². The second-order valence-corrected chi connectivity index (χ2v) is 10.2. The van der Waals surface area contributed by atoms with Gasteiger partial charge in [0.05, 0.1) is 5.56 Å². The highest BCUT2D eigenvalue weighted by atomic mass is 19.3. The smallest absolute Gasteiger partial charge is 0.429 e. The Balaban J connectivity index is 1.37. The van der Waals surface area contributed by atoms with Crippen molar-refractivity contribution in [2.75, 3.05) is 0 Å². The fourth-order valence-corrected chi connectivity index (χ4v) is 6.10. The van der Waals surface area contributed by atoms with E-state index in [4.69, 9.17) is 0 Å². The van der Waals surface area contributed by atoms with Crippen LogP contribution in [0.1, 0.15) is 88.2 Å². The van der Waals surface area contributed by atoms with E-state index in [-0.39, 0.29) is 5.92 Å². The van der Waals surface area contributed by atoms with E-state index in [1.54, 1.807) is 0 Å². The molecule has 0 spiro atoms. The summed E-state index contributed by atoms with van der Waals surface area (Å²) in [5.74, 6) is -4.78. The van der Waals surface area contributed by atoms with Gasteiger partial charge in [0, 0.05) is 12.1 Å². The standard InChI is InChI=1S/C28H32F6O/c1-2-3-17-4-6-18(7-5-17)19-8-10-20(11-9-19)21-12-13-23(24(29)14-21)28(33,34)35-22-15-25(30)27(32)26(31)16-22/h12-20H,2-11H2,1H3/t17-,18-,19-,20-. The van der Waals surface area contributed by atoms with Crippen LogP contribution >= 0.6 is 0 Å². The van der Waals surface area contributed by atoms with E-state index in [9.17, 15) is 26.3 Å². The van der Waals surface area contributed by atoms with Crippen molar-refractivity contribution in [3.8, 4) is 5.75 Å². The molecule has 1 nitrogen and oxygen atoms in total. The fraction of sp³-hybridized carbons (Fsp3) is 0.571. The first-order valence-corrected chi connectivity index (χ1v) is 12.7. The molecule has 35 heavy (non-hydrogen) atoms. The van der Waals surface area contributed by atoms with Gasteiger partial charge in [-0.15, -0.1) is 0 Å². The van der Waals surface area contributed by atoms with Crippen LogP contribution < -0.4 is 4.74 Å². The average molecular weight is 499 g/mol. The summed E-state index contributed by atoms with van der Waals surface area (Å²) in [5, 5.41) is 0. The molecule has 7 heteroatoms. The van der Waals surface area contributed by atoms with Crippen LogP contribution in [0.25, 0.3) is 0 Å². The third-order valence-electron chi connectivity index (χ3n) is 8.01. The zero-order chi connectivity index (χ0) is 25.2. The van der Waals surface area contributed by atoms with Gasteiger partial charge in [-0.3, -0.25) is 0 Å². The Morgan fingerprint density at radius 2 is 1.34 bits per heavy atom. The minimum atomic E-state index is -4.19. The highest BCUT2D eigenvalue weighted by Crippen LogP contribution is 2.45. The molecular formula is C28H32F6O. The van der Waals surface area contributed by atoms with Crippen LogP contribution in [-0.4, -0.2) is 0 Å². The van der Waals surface area contributed by atoms with Crippen molar-refractivity contribution in [3.05, 3.63) is 64.7 Å². The predicted octanol–water partition coefficient (Wildman–Crippen LogP) is 9.25. The van der Waals surface area contributed by atoms with Gasteiger partial charge in [0.1, 0.15) is 11.6 Å². The molecule has 0 aliphatic heterocycles. The Bertz CT molecular complexity index is 983. The van der Waals surface area contributed by atoms with Crippen LogP contribution in [0.4, 0.5) is 26.3 Å². The topological polar surface area (TPSA) is 9.23 Å². The Hall–Kier alpha value is -2.18. The van der Waals surface area contributed by atoms with E-state index in [0.29, 0.717) is 23.6 Å². The number of hydrogen-bond acceptors (Lipinski definition) is 1. The highest BCUT2D eigenvalue weighted by molar-refractivity contribution is 5.31. The second-order valence-electron chi connectivity index (χ2n) is 10.2. The van der Waals surface area contributed by atoms with E-state index in [1.807, 2.05) is 0 Å². The van der Waals surface area contributed by atoms with Gasteiger partial charge in [-0.2, -0.15) is 8.78 Å². The maximum absolute atomic E-state index is 14.7. The molecule has 2 aromatic carbocycles. The van der Waals surface area contributed by atoms with Crippen molar-refractivity contribution in [2.24, 2.45) is 17.8 Å². The first kappa shape index (κ1) is 25.9. The summed E-state index contributed by atoms with van der Waals surface area (Å²) in [6, 6.07) is 4.14. The van der Waals surface area contributed by atoms with Crippen LogP contribution in [-0.2, 0) is 6.11 Å². The third-order valence-corrected chi connectivity index (χ3v) is 8.01. The average Bonchev–Trinajstić information content (AvgIpc) is 2.83. The minimum Gasteiger partial charge on any atom is -0.429 e. The molecule has 192 valence electrons. The monoisotopic (exact) mass is 498 g/mol. The largest absolute Gasteiger partial charge is 0.429 e. The first-order chi connectivity index (χ1) is 16.7. The number of halogens is 6. The van der Waals surface area contributed by atoms with E-state index in [2.05, 4.69) is 11.7 Å². The quantitative estimate of drug-likeness (QED) is 0.273. The van der Waals surface area contributed by atoms with Gasteiger partial charge in [-0.1, -0.05) is 38.7 Å². The molecule has 0 heterocycles. The summed E-state index contributed by atoms with van der Waals surface area (Å²) in [4.78, 5) is 0. The summed E-state index contributed by atoms with van der Waals surface area (Å²) >= 11 is 0. The zero-order valence-electron chi connectivity index (χ0n) is 19.9. The van der Waals surface area contributed by atoms with Crippen LogP contribution in [0, 0.1) is 41.0 Å². The molecule has 4 rings (SSSR count). The molecule has 2 aliphatic carbocycles. The maximum Gasteiger partial charge on any atom is 0.429 e. The van der Waals surface area contributed by atoms with Crippen molar-refractivity contribution in [3.63, 3.8) is 0 Å². The van der Waals surface area contributed by atoms with E-state index < -0.39 is 40.7 Å². The summed E-state index contributed by atoms with van der Waals surface area (Å²) in [6.07, 6.45) is 7.54. The predicted molar refractivity (Wildman–Crippen MR) is 122 cm³/mol. The zero-order valence-corrected chi connectivity index (χ0v) is 19.9. The molecule has 0 radical (unpaired) electrons. The molecule has 2 aliphatic rings. The van der Waals surface area contributed by atoms with Crippen molar-refractivity contribution in [2.45, 2.75) is 83.2 Å². The SMILES string of the molecule is CCC[C@H]1CC[C@H]([C@H]2CC[C@H](c3ccc(C(F)(F)Oc4cc(F)c(F)c(F)c4)c(F)c3)CC2)CC1. The first-order valence-electron chi connectivity index (χ1n) is 12.7. The Labute approximate surface area is 202 Å². The molecule has 2 fully saturated rings. The molecule has 0 atom stereocenters. The Kier molecular flexibility index (Phi) is 8.02. The number of rotatable bonds is 7. The lowest BCUT2D eigenvalue weighted by Gasteiger charge is -2.38. The molecular weight excluding hydrogens is 466 g/mol. The highest BCUT2D eigenvalue weighted by Gasteiger charge is 2.39. The van der Waals surface area contributed by atoms with Gasteiger partial charge in [0.15, 0.2) is 17.5 Å². The van der Waals surface area contributed by atoms with Crippen molar-refractivity contribution >= 4 is 0 Å². The van der Waals surface area contributed by atoms with Gasteiger partial charge in [-0.25, -0.2) is 17.6 Å². The molecule has 0 amide bonds. The maximum atomic E-state index is 14.7. The van der Waals surface area contributed by atoms with Crippen LogP contribution in [0.15, 0.2) is 30.3 Å². The van der Waals surface area contributed by atoms with Crippen molar-refractivity contribution in [1.82, 2.24) is 0 Å². The summed E-state index contributed by atoms with van der Waals surface area (Å²) < 4.78 is 88.0. The van der Waals surface area contributed by atoms with Crippen molar-refractivity contribution < 1.29 is 31.1 Å². The summed E-state index contributed by atoms with van der Waals surface area (Å²) in [5.41, 5.74) is -0.366. The van der Waals surface area contributed by atoms with Gasteiger partial charge < -0.3 is 4.74 Å². The van der Waals surface area contributed by atoms with Gasteiger partial charge in [0.2, 0.25) is 0 Å².